The van der Waals surface area contributed by atoms with Gasteiger partial charge in [0.2, 0.25) is 23.0 Å². The second kappa shape index (κ2) is 20.1. The molecule has 1 aliphatic rings. The van der Waals surface area contributed by atoms with Crippen LogP contribution in [0.1, 0.15) is 26.3 Å². The standard InChI is InChI=1S/C30H20ClN7O12S3.4Na/c31-28-34-29(32-17-8-5-15(6-9-17)27(40)41)36-30(35-28)33-21-13-18(51(42,43)44)11-16-12-22(52(45,46)47)24(25(39)23(16)21)38-37-20-10-7-14-3-1-2-4-19(14)26(20)53(48,49)50;;;;/h1-13,37H,(H,40,41)(H,42,43,44)(H,45,46,47)(H,48,49,50)(H2,32,33,34,35,36);;;;/q;4*+1/p-4/b38-24+;;;;. The normalized spacial score (nSPS) is 13.1. The van der Waals surface area contributed by atoms with Gasteiger partial charge in [0.15, 0.2) is 0 Å². The van der Waals surface area contributed by atoms with Gasteiger partial charge in [0.05, 0.1) is 37.6 Å². The summed E-state index contributed by atoms with van der Waals surface area (Å²) in [5.41, 5.74) is -0.957. The van der Waals surface area contributed by atoms with E-state index in [1.807, 2.05) is 0 Å². The second-order valence-electron chi connectivity index (χ2n) is 10.7. The minimum atomic E-state index is -5.60. The van der Waals surface area contributed by atoms with E-state index in [4.69, 9.17) is 11.6 Å². The minimum absolute atomic E-state index is 0. The molecule has 3 N–H and O–H groups in total. The third-order valence-electron chi connectivity index (χ3n) is 7.31. The van der Waals surface area contributed by atoms with Gasteiger partial charge in [0.1, 0.15) is 36.1 Å². The number of benzene rings is 4. The average Bonchev–Trinajstić information content (AvgIpc) is 3.06. The molecule has 0 bridgehead atoms. The van der Waals surface area contributed by atoms with E-state index in [1.54, 1.807) is 6.07 Å². The third kappa shape index (κ3) is 11.9. The molecule has 0 atom stereocenters. The van der Waals surface area contributed by atoms with Gasteiger partial charge in [-0.15, -0.1) is 0 Å². The van der Waals surface area contributed by atoms with E-state index in [1.165, 1.54) is 48.5 Å². The number of allylic oxidation sites excluding steroid dienone is 1. The van der Waals surface area contributed by atoms with E-state index in [9.17, 15) is 53.6 Å². The van der Waals surface area contributed by atoms with E-state index >= 15 is 0 Å². The molecule has 1 aromatic heterocycles. The summed E-state index contributed by atoms with van der Waals surface area (Å²) >= 11 is 6.05. The van der Waals surface area contributed by atoms with Crippen molar-refractivity contribution in [1.82, 2.24) is 15.0 Å². The molecule has 27 heteroatoms. The molecule has 0 radical (unpaired) electrons. The molecule has 0 saturated carbocycles. The number of rotatable bonds is 10. The molecule has 57 heavy (non-hydrogen) atoms. The van der Waals surface area contributed by atoms with Crippen LogP contribution in [0.3, 0.4) is 0 Å². The van der Waals surface area contributed by atoms with Crippen molar-refractivity contribution in [3.63, 3.8) is 0 Å². The third-order valence-corrected chi connectivity index (χ3v) is 10.1. The Bertz CT molecular complexity index is 2820. The van der Waals surface area contributed by atoms with Crippen LogP contribution in [0.2, 0.25) is 5.28 Å². The number of aromatic carboxylic acids is 1. The summed E-state index contributed by atoms with van der Waals surface area (Å²) in [5, 5.41) is 19.8. The number of halogens is 1. The predicted molar refractivity (Wildman–Crippen MR) is 182 cm³/mol. The molecule has 0 fully saturated rings. The maximum Gasteiger partial charge on any atom is 1.00 e. The number of carbonyl (C=O) groups is 2. The summed E-state index contributed by atoms with van der Waals surface area (Å²) in [7, 11) is -16.1. The first kappa shape index (κ1) is 51.3. The molecule has 5 aromatic rings. The van der Waals surface area contributed by atoms with E-state index in [0.29, 0.717) is 23.6 Å². The first-order chi connectivity index (χ1) is 24.8. The summed E-state index contributed by atoms with van der Waals surface area (Å²) in [6.07, 6.45) is 0.564. The van der Waals surface area contributed by atoms with Crippen molar-refractivity contribution in [3.8, 4) is 0 Å². The molecule has 4 aromatic carbocycles. The van der Waals surface area contributed by atoms with Crippen molar-refractivity contribution in [2.45, 2.75) is 9.79 Å². The van der Waals surface area contributed by atoms with Crippen LogP contribution in [-0.2, 0) is 30.4 Å². The fourth-order valence-electron chi connectivity index (χ4n) is 5.10. The van der Waals surface area contributed by atoms with E-state index in [-0.39, 0.29) is 141 Å². The largest absolute Gasteiger partial charge is 1.00 e. The van der Waals surface area contributed by atoms with E-state index in [2.05, 4.69) is 36.1 Å². The van der Waals surface area contributed by atoms with Gasteiger partial charge < -0.3 is 34.2 Å². The van der Waals surface area contributed by atoms with Crippen LogP contribution in [-0.4, -0.2) is 71.3 Å². The Kier molecular flexibility index (Phi) is 18.1. The monoisotopic (exact) mass is 889 g/mol. The number of aromatic nitrogens is 3. The summed E-state index contributed by atoms with van der Waals surface area (Å²) < 4.78 is 110. The number of nitrogens with one attached hydrogen (secondary N) is 3. The van der Waals surface area contributed by atoms with Crippen molar-refractivity contribution in [1.29, 1.82) is 0 Å². The Labute approximate surface area is 417 Å². The molecule has 1 heterocycles. The molecule has 1 aliphatic carbocycles. The summed E-state index contributed by atoms with van der Waals surface area (Å²) in [6.45, 7) is 0. The van der Waals surface area contributed by atoms with Gasteiger partial charge in [0.25, 0.3) is 0 Å². The van der Waals surface area contributed by atoms with Crippen LogP contribution in [0.4, 0.5) is 29.0 Å². The minimum Gasteiger partial charge on any atom is -0.744 e. The Morgan fingerprint density at radius 3 is 1.91 bits per heavy atom. The van der Waals surface area contributed by atoms with E-state index < -0.39 is 96.2 Å². The molecular weight excluding hydrogens is 874 g/mol. The zero-order chi connectivity index (χ0) is 38.5. The SMILES string of the molecule is O=C([O-])c1ccc(Nc2nc(Cl)nc(Nc3cc(S(=O)(=O)[O-])cc4c3C(=O)/C(=N/Nc3ccc5ccccc5c3S(=O)(=O)[O-])C(S(=O)(=O)[O-])=C4)n2)cc1.[Na+].[Na+].[Na+].[Na+]. The number of carboxylic acid groups (broad SMARTS) is 1. The fourth-order valence-corrected chi connectivity index (χ4v) is 7.28. The van der Waals surface area contributed by atoms with Gasteiger partial charge in [-0.1, -0.05) is 42.5 Å². The molecule has 19 nitrogen and oxygen atoms in total. The van der Waals surface area contributed by atoms with Crippen LogP contribution in [0.5, 0.6) is 0 Å². The molecule has 0 spiro atoms. The first-order valence-corrected chi connectivity index (χ1v) is 18.8. The molecule has 6 rings (SSSR count). The summed E-state index contributed by atoms with van der Waals surface area (Å²) in [5.74, 6) is -3.52. The van der Waals surface area contributed by atoms with Gasteiger partial charge in [0, 0.05) is 11.1 Å². The first-order valence-electron chi connectivity index (χ1n) is 14.2. The second-order valence-corrected chi connectivity index (χ2v) is 15.1. The van der Waals surface area contributed by atoms with Gasteiger partial charge in [-0.05, 0) is 64.5 Å². The van der Waals surface area contributed by atoms with Gasteiger partial charge >= 0.3 is 118 Å². The fraction of sp³-hybridized carbons (Fsp3) is 0. The Hall–Kier alpha value is -1.88. The quantitative estimate of drug-likeness (QED) is 0.0666. The summed E-state index contributed by atoms with van der Waals surface area (Å²) in [4.78, 5) is 33.8. The average molecular weight is 890 g/mol. The maximum atomic E-state index is 14.0. The number of ketones is 1. The molecule has 0 aliphatic heterocycles. The predicted octanol–water partition coefficient (Wildman–Crippen LogP) is -10.1. The van der Waals surface area contributed by atoms with Crippen LogP contribution < -0.4 is 139 Å². The van der Waals surface area contributed by atoms with Crippen molar-refractivity contribution in [2.24, 2.45) is 5.10 Å². The molecule has 0 amide bonds. The van der Waals surface area contributed by atoms with Crippen molar-refractivity contribution >= 4 is 105 Å². The molecule has 272 valence electrons. The number of carbonyl (C=O) groups excluding carboxylic acids is 2. The maximum absolute atomic E-state index is 14.0. The number of Topliss-reactive ketones (excluding diaryl/α,β-unsaturated/α-hetero) is 1. The van der Waals surface area contributed by atoms with Crippen LogP contribution in [0.25, 0.3) is 16.8 Å². The number of hydrazone groups is 1. The topological polar surface area (TPSA) is 316 Å². The number of fused-ring (bicyclic) bond motifs is 2. The number of hydrogen-bond acceptors (Lipinski definition) is 19. The van der Waals surface area contributed by atoms with Crippen molar-refractivity contribution in [3.05, 3.63) is 99.7 Å². The van der Waals surface area contributed by atoms with Crippen molar-refractivity contribution < 1.29 is 172 Å². The van der Waals surface area contributed by atoms with Gasteiger partial charge in [-0.2, -0.15) is 20.1 Å². The van der Waals surface area contributed by atoms with Gasteiger partial charge in [-0.3, -0.25) is 10.2 Å². The smallest absolute Gasteiger partial charge is 0.744 e. The molecule has 0 saturated heterocycles. The number of anilines is 5. The van der Waals surface area contributed by atoms with Crippen molar-refractivity contribution in [2.75, 3.05) is 16.1 Å². The van der Waals surface area contributed by atoms with Crippen LogP contribution >= 0.6 is 11.6 Å². The number of nitrogens with zero attached hydrogens (tertiary/aromatic N) is 4. The number of hydrogen-bond donors (Lipinski definition) is 3. The zero-order valence-electron chi connectivity index (χ0n) is 29.8. The molecule has 0 unspecified atom stereocenters. The van der Waals surface area contributed by atoms with Crippen LogP contribution in [0.15, 0.2) is 92.6 Å². The number of carboxylic acids is 1. The Morgan fingerprint density at radius 2 is 1.33 bits per heavy atom. The Morgan fingerprint density at radius 1 is 0.719 bits per heavy atom. The summed E-state index contributed by atoms with van der Waals surface area (Å²) in [6, 6.07) is 14.8. The zero-order valence-corrected chi connectivity index (χ0v) is 41.0. The van der Waals surface area contributed by atoms with Crippen LogP contribution in [0, 0.1) is 0 Å². The van der Waals surface area contributed by atoms with E-state index in [0.717, 1.165) is 6.07 Å². The molecular formula is C30H16ClN7Na4O12S3. The Balaban J connectivity index is 0.00000280. The van der Waals surface area contributed by atoms with Gasteiger partial charge in [-0.25, -0.2) is 25.3 Å².